The second-order valence-electron chi connectivity index (χ2n) is 11.2. The van der Waals surface area contributed by atoms with E-state index < -0.39 is 0 Å². The van der Waals surface area contributed by atoms with E-state index in [1.807, 2.05) is 48.5 Å². The molecule has 38 heavy (non-hydrogen) atoms. The molecule has 1 saturated carbocycles. The van der Waals surface area contributed by atoms with Gasteiger partial charge in [-0.25, -0.2) is 0 Å². The lowest BCUT2D eigenvalue weighted by molar-refractivity contribution is -0.157. The SMILES string of the molecule is CN(C)CC1CCCC=C1c1cccc(ON(C=O)CC2(CC(=O)OCc3ccccc3)CCCCC2)c1. The standard InChI is InChI=1S/C32H42N2O4/c1-33(2)22-28-14-7-8-17-30(28)27-15-11-16-29(20-27)38-34(25-35)24-32(18-9-4-10-19-32)21-31(36)37-23-26-12-5-3-6-13-26/h3,5-6,11-13,15-17,20,25,28H,4,7-10,14,18-19,21-24H2,1-2H3. The Balaban J connectivity index is 1.42. The highest BCUT2D eigenvalue weighted by atomic mass is 16.7. The van der Waals surface area contributed by atoms with Crippen molar-refractivity contribution in [1.82, 2.24) is 9.96 Å². The second kappa shape index (κ2) is 13.6. The van der Waals surface area contributed by atoms with Gasteiger partial charge in [-0.1, -0.05) is 67.8 Å². The lowest BCUT2D eigenvalue weighted by atomic mass is 9.71. The summed E-state index contributed by atoms with van der Waals surface area (Å²) >= 11 is 0. The highest BCUT2D eigenvalue weighted by Crippen LogP contribution is 2.41. The third-order valence-electron chi connectivity index (χ3n) is 7.82. The Hall–Kier alpha value is -3.12. The van der Waals surface area contributed by atoms with Crippen LogP contribution < -0.4 is 4.84 Å². The molecule has 1 unspecified atom stereocenters. The molecule has 204 valence electrons. The fourth-order valence-electron chi connectivity index (χ4n) is 6.01. The first-order chi connectivity index (χ1) is 18.5. The van der Waals surface area contributed by atoms with Crippen LogP contribution in [0.5, 0.6) is 5.75 Å². The average molecular weight is 519 g/mol. The quantitative estimate of drug-likeness (QED) is 0.188. The van der Waals surface area contributed by atoms with E-state index in [0.717, 1.165) is 62.6 Å². The predicted molar refractivity (Wildman–Crippen MR) is 150 cm³/mol. The molecule has 1 fully saturated rings. The molecule has 2 aliphatic rings. The van der Waals surface area contributed by atoms with E-state index in [0.29, 0.717) is 18.2 Å². The van der Waals surface area contributed by atoms with E-state index in [-0.39, 0.29) is 24.4 Å². The van der Waals surface area contributed by atoms with Crippen LogP contribution in [0.3, 0.4) is 0 Å². The minimum Gasteiger partial charge on any atom is -0.461 e. The van der Waals surface area contributed by atoms with Gasteiger partial charge in [0.25, 0.3) is 0 Å². The van der Waals surface area contributed by atoms with Crippen LogP contribution >= 0.6 is 0 Å². The number of amides is 1. The molecular weight excluding hydrogens is 476 g/mol. The maximum absolute atomic E-state index is 12.9. The number of benzene rings is 2. The van der Waals surface area contributed by atoms with Crippen molar-refractivity contribution in [2.45, 2.75) is 64.4 Å². The summed E-state index contributed by atoms with van der Waals surface area (Å²) in [4.78, 5) is 33.4. The van der Waals surface area contributed by atoms with Crippen molar-refractivity contribution in [3.63, 3.8) is 0 Å². The molecule has 1 atom stereocenters. The molecule has 4 rings (SSSR count). The molecule has 6 nitrogen and oxygen atoms in total. The Labute approximate surface area is 227 Å². The van der Waals surface area contributed by atoms with Crippen LogP contribution in [-0.2, 0) is 20.9 Å². The van der Waals surface area contributed by atoms with Crippen LogP contribution in [0.15, 0.2) is 60.7 Å². The molecule has 2 aliphatic carbocycles. The first-order valence-corrected chi connectivity index (χ1v) is 14.0. The van der Waals surface area contributed by atoms with E-state index >= 15 is 0 Å². The summed E-state index contributed by atoms with van der Waals surface area (Å²) in [6.45, 7) is 1.65. The van der Waals surface area contributed by atoms with Crippen molar-refractivity contribution in [1.29, 1.82) is 0 Å². The van der Waals surface area contributed by atoms with E-state index in [9.17, 15) is 9.59 Å². The number of carbonyl (C=O) groups is 2. The van der Waals surface area contributed by atoms with E-state index in [2.05, 4.69) is 31.1 Å². The zero-order valence-electron chi connectivity index (χ0n) is 22.9. The van der Waals surface area contributed by atoms with Gasteiger partial charge >= 0.3 is 5.97 Å². The zero-order chi connectivity index (χ0) is 26.8. The monoisotopic (exact) mass is 518 g/mol. The summed E-state index contributed by atoms with van der Waals surface area (Å²) in [6.07, 6.45) is 11.8. The number of hydroxylamine groups is 2. The van der Waals surface area contributed by atoms with Crippen LogP contribution in [0, 0.1) is 11.3 Å². The summed E-state index contributed by atoms with van der Waals surface area (Å²) in [5.74, 6) is 0.908. The molecule has 6 heteroatoms. The van der Waals surface area contributed by atoms with Crippen LogP contribution in [0.4, 0.5) is 0 Å². The summed E-state index contributed by atoms with van der Waals surface area (Å²) in [5.41, 5.74) is 3.14. The molecule has 0 heterocycles. The van der Waals surface area contributed by atoms with Gasteiger partial charge in [0, 0.05) is 12.0 Å². The molecule has 0 aromatic heterocycles. The number of nitrogens with zero attached hydrogens (tertiary/aromatic N) is 2. The minimum atomic E-state index is -0.340. The normalized spacial score (nSPS) is 18.9. The predicted octanol–water partition coefficient (Wildman–Crippen LogP) is 6.27. The zero-order valence-corrected chi connectivity index (χ0v) is 22.9. The molecule has 0 N–H and O–H groups in total. The Morgan fingerprint density at radius 2 is 1.82 bits per heavy atom. The van der Waals surface area contributed by atoms with Crippen molar-refractivity contribution in [2.24, 2.45) is 11.3 Å². The molecule has 0 aliphatic heterocycles. The van der Waals surface area contributed by atoms with Gasteiger partial charge in [-0.05, 0) is 81.0 Å². The van der Waals surface area contributed by atoms with Gasteiger partial charge in [-0.15, -0.1) is 0 Å². The Bertz CT molecular complexity index is 1080. The summed E-state index contributed by atoms with van der Waals surface area (Å²) in [5, 5.41) is 1.38. The van der Waals surface area contributed by atoms with Crippen LogP contribution in [0.25, 0.3) is 5.57 Å². The van der Waals surface area contributed by atoms with Crippen molar-refractivity contribution in [2.75, 3.05) is 27.2 Å². The third-order valence-corrected chi connectivity index (χ3v) is 7.82. The Kier molecular flexibility index (Phi) is 9.99. The van der Waals surface area contributed by atoms with Crippen LogP contribution in [0.2, 0.25) is 0 Å². The number of esters is 1. The Morgan fingerprint density at radius 3 is 2.55 bits per heavy atom. The minimum absolute atomic E-state index is 0.222. The number of carbonyl (C=O) groups excluding carboxylic acids is 2. The number of hydrogen-bond donors (Lipinski definition) is 0. The summed E-state index contributed by atoms with van der Waals surface area (Å²) in [6, 6.07) is 17.8. The molecule has 0 spiro atoms. The average Bonchev–Trinajstić information content (AvgIpc) is 2.93. The highest BCUT2D eigenvalue weighted by Gasteiger charge is 2.37. The number of ether oxygens (including phenoxy) is 1. The van der Waals surface area contributed by atoms with Gasteiger partial charge in [-0.3, -0.25) is 9.59 Å². The maximum atomic E-state index is 12.9. The van der Waals surface area contributed by atoms with Crippen molar-refractivity contribution < 1.29 is 19.2 Å². The van der Waals surface area contributed by atoms with Gasteiger partial charge in [0.2, 0.25) is 6.41 Å². The maximum Gasteiger partial charge on any atom is 0.306 e. The second-order valence-corrected chi connectivity index (χ2v) is 11.2. The molecular formula is C32H42N2O4. The van der Waals surface area contributed by atoms with Crippen LogP contribution in [-0.4, -0.2) is 49.5 Å². The number of allylic oxidation sites excluding steroid dienone is 1. The number of rotatable bonds is 12. The first-order valence-electron chi connectivity index (χ1n) is 14.0. The molecule has 2 aromatic rings. The summed E-state index contributed by atoms with van der Waals surface area (Å²) in [7, 11) is 4.23. The van der Waals surface area contributed by atoms with Gasteiger partial charge < -0.3 is 14.5 Å². The van der Waals surface area contributed by atoms with E-state index in [1.54, 1.807) is 0 Å². The summed E-state index contributed by atoms with van der Waals surface area (Å²) < 4.78 is 5.61. The van der Waals surface area contributed by atoms with Gasteiger partial charge in [-0.2, -0.15) is 5.06 Å². The third kappa shape index (κ3) is 7.94. The molecule has 0 saturated heterocycles. The highest BCUT2D eigenvalue weighted by molar-refractivity contribution is 5.71. The molecule has 1 amide bonds. The molecule has 2 aromatic carbocycles. The molecule has 0 bridgehead atoms. The first kappa shape index (κ1) is 27.9. The van der Waals surface area contributed by atoms with E-state index in [1.165, 1.54) is 23.5 Å². The van der Waals surface area contributed by atoms with Gasteiger partial charge in [0.05, 0.1) is 13.0 Å². The lowest BCUT2D eigenvalue weighted by Crippen LogP contribution is -2.42. The lowest BCUT2D eigenvalue weighted by Gasteiger charge is -2.38. The Morgan fingerprint density at radius 1 is 1.03 bits per heavy atom. The van der Waals surface area contributed by atoms with Crippen molar-refractivity contribution in [3.8, 4) is 5.75 Å². The molecule has 0 radical (unpaired) electrons. The smallest absolute Gasteiger partial charge is 0.306 e. The van der Waals surface area contributed by atoms with Crippen molar-refractivity contribution in [3.05, 3.63) is 71.8 Å². The van der Waals surface area contributed by atoms with Gasteiger partial charge in [0.1, 0.15) is 6.61 Å². The number of hydrogen-bond acceptors (Lipinski definition) is 5. The van der Waals surface area contributed by atoms with Crippen LogP contribution in [0.1, 0.15) is 68.9 Å². The largest absolute Gasteiger partial charge is 0.461 e. The van der Waals surface area contributed by atoms with Gasteiger partial charge in [0.15, 0.2) is 5.75 Å². The topological polar surface area (TPSA) is 59.1 Å². The van der Waals surface area contributed by atoms with Crippen molar-refractivity contribution >= 4 is 18.0 Å². The fourth-order valence-corrected chi connectivity index (χ4v) is 6.01. The van der Waals surface area contributed by atoms with E-state index in [4.69, 9.17) is 9.57 Å². The fraction of sp³-hybridized carbons (Fsp3) is 0.500.